The van der Waals surface area contributed by atoms with Crippen LogP contribution in [-0.2, 0) is 0 Å². The molecule has 174 valence electrons. The van der Waals surface area contributed by atoms with E-state index in [0.717, 1.165) is 66.9 Å². The number of rotatable bonds is 3. The number of hydrogen-bond donors (Lipinski definition) is 0. The first kappa shape index (κ1) is 20.8. The molecule has 3 nitrogen and oxygen atoms in total. The first-order valence-corrected chi connectivity index (χ1v) is 12.2. The zero-order valence-corrected chi connectivity index (χ0v) is 20.4. The molecule has 0 saturated heterocycles. The molecule has 0 atom stereocenters. The van der Waals surface area contributed by atoms with Crippen LogP contribution in [0, 0.1) is 20.8 Å². The predicted octanol–water partition coefficient (Wildman–Crippen LogP) is 9.85. The third-order valence-electron chi connectivity index (χ3n) is 6.84. The first-order chi connectivity index (χ1) is 17.5. The van der Waals surface area contributed by atoms with E-state index in [0.29, 0.717) is 0 Å². The second kappa shape index (κ2) is 7.76. The Morgan fingerprint density at radius 1 is 0.389 bits per heavy atom. The fraction of sp³-hybridized carbons (Fsp3) is 0.0909. The van der Waals surface area contributed by atoms with E-state index in [-0.39, 0.29) is 0 Å². The lowest BCUT2D eigenvalue weighted by molar-refractivity contribution is 0.623. The summed E-state index contributed by atoms with van der Waals surface area (Å²) in [7, 11) is 0. The van der Waals surface area contributed by atoms with Gasteiger partial charge in [0.25, 0.3) is 0 Å². The van der Waals surface area contributed by atoms with Gasteiger partial charge in [-0.3, -0.25) is 0 Å². The summed E-state index contributed by atoms with van der Waals surface area (Å²) in [6.45, 7) is 6.27. The van der Waals surface area contributed by atoms with Crippen molar-refractivity contribution >= 4 is 32.9 Å². The van der Waals surface area contributed by atoms with Crippen molar-refractivity contribution in [1.29, 1.82) is 0 Å². The third-order valence-corrected chi connectivity index (χ3v) is 6.84. The Labute approximate surface area is 208 Å². The van der Waals surface area contributed by atoms with Crippen LogP contribution < -0.4 is 0 Å². The number of fused-ring (bicyclic) bond motifs is 6. The standard InChI is InChI=1S/C33H24O3/c1-19-7-4-10-22(13-19)28-16-25-31(34-28)26-17-29(23-11-5-8-20(2)14-23)36-33(26)27-18-30(35-32(25)27)24-12-6-9-21(3)15-24/h4-18H,1-3H3. The van der Waals surface area contributed by atoms with Gasteiger partial charge in [-0.1, -0.05) is 71.3 Å². The number of hydrogen-bond acceptors (Lipinski definition) is 3. The van der Waals surface area contributed by atoms with E-state index in [9.17, 15) is 0 Å². The quantitative estimate of drug-likeness (QED) is 0.259. The van der Waals surface area contributed by atoms with Gasteiger partial charge in [-0.05, 0) is 57.2 Å². The van der Waals surface area contributed by atoms with Crippen LogP contribution in [0.4, 0.5) is 0 Å². The highest BCUT2D eigenvalue weighted by Gasteiger charge is 2.22. The fourth-order valence-electron chi connectivity index (χ4n) is 5.10. The minimum atomic E-state index is 0.779. The molecule has 0 radical (unpaired) electrons. The lowest BCUT2D eigenvalue weighted by atomic mass is 10.1. The Kier molecular flexibility index (Phi) is 4.49. The van der Waals surface area contributed by atoms with Crippen LogP contribution in [0.5, 0.6) is 0 Å². The number of benzene rings is 4. The van der Waals surface area contributed by atoms with Crippen LogP contribution in [-0.4, -0.2) is 0 Å². The van der Waals surface area contributed by atoms with Crippen LogP contribution >= 0.6 is 0 Å². The zero-order chi connectivity index (χ0) is 24.4. The summed E-state index contributed by atoms with van der Waals surface area (Å²) >= 11 is 0. The van der Waals surface area contributed by atoms with E-state index in [1.807, 2.05) is 0 Å². The lowest BCUT2D eigenvalue weighted by Gasteiger charge is -1.97. The summed E-state index contributed by atoms with van der Waals surface area (Å²) in [6, 6.07) is 31.4. The Bertz CT molecular complexity index is 1600. The van der Waals surface area contributed by atoms with Crippen molar-refractivity contribution in [1.82, 2.24) is 0 Å². The summed E-state index contributed by atoms with van der Waals surface area (Å²) in [5.41, 5.74) is 9.03. The van der Waals surface area contributed by atoms with E-state index in [4.69, 9.17) is 13.3 Å². The van der Waals surface area contributed by atoms with Crippen molar-refractivity contribution in [3.63, 3.8) is 0 Å². The molecule has 0 fully saturated rings. The average molecular weight is 469 g/mol. The first-order valence-electron chi connectivity index (χ1n) is 12.2. The van der Waals surface area contributed by atoms with Gasteiger partial charge in [-0.15, -0.1) is 0 Å². The van der Waals surface area contributed by atoms with Crippen LogP contribution in [0.2, 0.25) is 0 Å². The summed E-state index contributed by atoms with van der Waals surface area (Å²) in [5.74, 6) is 2.44. The highest BCUT2D eigenvalue weighted by molar-refractivity contribution is 6.22. The molecule has 3 heteroatoms. The van der Waals surface area contributed by atoms with Gasteiger partial charge < -0.3 is 13.3 Å². The van der Waals surface area contributed by atoms with Gasteiger partial charge in [0.2, 0.25) is 0 Å². The largest absolute Gasteiger partial charge is 0.455 e. The molecule has 0 aliphatic carbocycles. The maximum atomic E-state index is 6.52. The highest BCUT2D eigenvalue weighted by Crippen LogP contribution is 2.44. The van der Waals surface area contributed by atoms with Crippen LogP contribution in [0.25, 0.3) is 66.9 Å². The zero-order valence-electron chi connectivity index (χ0n) is 20.4. The molecule has 0 bridgehead atoms. The average Bonchev–Trinajstić information content (AvgIpc) is 3.60. The molecule has 0 saturated carbocycles. The Morgan fingerprint density at radius 3 is 0.972 bits per heavy atom. The van der Waals surface area contributed by atoms with Crippen molar-refractivity contribution < 1.29 is 13.3 Å². The summed E-state index contributed by atoms with van der Waals surface area (Å²) in [5, 5.41) is 2.85. The summed E-state index contributed by atoms with van der Waals surface area (Å²) < 4.78 is 19.6. The minimum absolute atomic E-state index is 0.779. The van der Waals surface area contributed by atoms with Crippen molar-refractivity contribution in [3.8, 4) is 34.0 Å². The van der Waals surface area contributed by atoms with Gasteiger partial charge in [0, 0.05) is 16.7 Å². The van der Waals surface area contributed by atoms with Gasteiger partial charge in [0.05, 0.1) is 16.2 Å². The van der Waals surface area contributed by atoms with Gasteiger partial charge in [-0.25, -0.2) is 0 Å². The van der Waals surface area contributed by atoms with Crippen molar-refractivity contribution in [2.45, 2.75) is 20.8 Å². The minimum Gasteiger partial charge on any atom is -0.455 e. The molecule has 3 heterocycles. The molecule has 0 aliphatic rings. The molecule has 3 aromatic heterocycles. The molecule has 4 aromatic carbocycles. The summed E-state index contributed by atoms with van der Waals surface area (Å²) in [6.07, 6.45) is 0. The highest BCUT2D eigenvalue weighted by atomic mass is 16.4. The Balaban J connectivity index is 1.55. The molecule has 0 spiro atoms. The van der Waals surface area contributed by atoms with Crippen LogP contribution in [0.3, 0.4) is 0 Å². The van der Waals surface area contributed by atoms with Gasteiger partial charge >= 0.3 is 0 Å². The molecule has 7 aromatic rings. The molecule has 0 aliphatic heterocycles. The molecule has 0 unspecified atom stereocenters. The van der Waals surface area contributed by atoms with E-state index in [2.05, 4.69) is 112 Å². The molecule has 0 amide bonds. The van der Waals surface area contributed by atoms with Gasteiger partial charge in [0.15, 0.2) is 0 Å². The van der Waals surface area contributed by atoms with E-state index in [1.54, 1.807) is 0 Å². The van der Waals surface area contributed by atoms with Crippen molar-refractivity contribution in [3.05, 3.63) is 108 Å². The normalized spacial score (nSPS) is 11.8. The maximum absolute atomic E-state index is 6.52. The Morgan fingerprint density at radius 2 is 0.694 bits per heavy atom. The van der Waals surface area contributed by atoms with Crippen molar-refractivity contribution in [2.75, 3.05) is 0 Å². The summed E-state index contributed by atoms with van der Waals surface area (Å²) in [4.78, 5) is 0. The molecule has 7 rings (SSSR count). The van der Waals surface area contributed by atoms with E-state index < -0.39 is 0 Å². The van der Waals surface area contributed by atoms with E-state index in [1.165, 1.54) is 16.7 Å². The number of furan rings is 3. The van der Waals surface area contributed by atoms with Crippen LogP contribution in [0.1, 0.15) is 16.7 Å². The molecular formula is C33H24O3. The molecular weight excluding hydrogens is 444 g/mol. The second-order valence-electron chi connectivity index (χ2n) is 9.67. The molecule has 0 N–H and O–H groups in total. The Hall–Kier alpha value is -4.50. The fourth-order valence-corrected chi connectivity index (χ4v) is 5.10. The number of aryl methyl sites for hydroxylation is 3. The van der Waals surface area contributed by atoms with E-state index >= 15 is 0 Å². The van der Waals surface area contributed by atoms with Gasteiger partial charge in [0.1, 0.15) is 34.0 Å². The molecule has 36 heavy (non-hydrogen) atoms. The third kappa shape index (κ3) is 3.28. The van der Waals surface area contributed by atoms with Crippen molar-refractivity contribution in [2.24, 2.45) is 0 Å². The monoisotopic (exact) mass is 468 g/mol. The van der Waals surface area contributed by atoms with Gasteiger partial charge in [-0.2, -0.15) is 0 Å². The maximum Gasteiger partial charge on any atom is 0.149 e. The lowest BCUT2D eigenvalue weighted by Crippen LogP contribution is -1.75. The predicted molar refractivity (Wildman–Crippen MR) is 146 cm³/mol. The SMILES string of the molecule is Cc1cccc(-c2cc3c(o2)c2cc(-c4cccc(C)c4)oc2c2cc(-c4cccc(C)c4)oc32)c1. The van der Waals surface area contributed by atoms with Crippen LogP contribution in [0.15, 0.2) is 104 Å². The smallest absolute Gasteiger partial charge is 0.149 e. The second-order valence-corrected chi connectivity index (χ2v) is 9.67. The topological polar surface area (TPSA) is 39.4 Å².